The van der Waals surface area contributed by atoms with Crippen LogP contribution in [0.4, 0.5) is 0 Å². The lowest BCUT2D eigenvalue weighted by Crippen LogP contribution is -2.11. The molecule has 3 heterocycles. The molecule has 3 aromatic rings. The van der Waals surface area contributed by atoms with E-state index in [4.69, 9.17) is 14.9 Å². The fourth-order valence-corrected chi connectivity index (χ4v) is 4.77. The standard InChI is InChI=1S/C20H15N3O4S2/c1-2-15-22-23-19(29-15)16-17(24)14(28-18(16)21)9-12-7-8-13(27-12)10-3-5-11(6-4-10)20(25)26/h3-9,16,21H,2H2,1H3,(H,25,26)/b14-9-,21-18?/t16-/m0/s1. The SMILES string of the molecule is CCc1nnc([C@@H]2C(=N)S/C(=C\c3ccc(-c4ccc(C(=O)O)cc4)o3)C2=O)s1. The zero-order valence-electron chi connectivity index (χ0n) is 15.2. The van der Waals surface area contributed by atoms with Gasteiger partial charge in [0.05, 0.1) is 15.5 Å². The quantitative estimate of drug-likeness (QED) is 0.579. The second-order valence-electron chi connectivity index (χ2n) is 6.24. The van der Waals surface area contributed by atoms with E-state index in [1.54, 1.807) is 30.3 Å². The Bertz CT molecular complexity index is 1140. The van der Waals surface area contributed by atoms with Crippen molar-refractivity contribution in [3.8, 4) is 11.3 Å². The molecular formula is C20H15N3O4S2. The molecule has 0 amide bonds. The molecule has 0 aliphatic carbocycles. The van der Waals surface area contributed by atoms with Crippen molar-refractivity contribution in [3.05, 3.63) is 62.6 Å². The minimum atomic E-state index is -0.989. The normalized spacial score (nSPS) is 18.0. The van der Waals surface area contributed by atoms with Crippen molar-refractivity contribution in [2.75, 3.05) is 0 Å². The first kappa shape index (κ1) is 19.3. The van der Waals surface area contributed by atoms with E-state index in [1.807, 2.05) is 6.92 Å². The molecule has 1 aliphatic heterocycles. The lowest BCUT2D eigenvalue weighted by molar-refractivity contribution is -0.114. The highest BCUT2D eigenvalue weighted by molar-refractivity contribution is 8.19. The van der Waals surface area contributed by atoms with Crippen molar-refractivity contribution in [3.63, 3.8) is 0 Å². The third-order valence-electron chi connectivity index (χ3n) is 4.34. The number of rotatable bonds is 5. The number of ketones is 1. The molecule has 0 unspecified atom stereocenters. The molecule has 2 N–H and O–H groups in total. The van der Waals surface area contributed by atoms with Gasteiger partial charge in [-0.15, -0.1) is 21.5 Å². The molecule has 7 nitrogen and oxygen atoms in total. The van der Waals surface area contributed by atoms with Gasteiger partial charge < -0.3 is 9.52 Å². The second-order valence-corrected chi connectivity index (χ2v) is 8.42. The fourth-order valence-electron chi connectivity index (χ4n) is 2.83. The van der Waals surface area contributed by atoms with E-state index in [9.17, 15) is 9.59 Å². The van der Waals surface area contributed by atoms with Crippen LogP contribution in [-0.2, 0) is 11.2 Å². The van der Waals surface area contributed by atoms with Gasteiger partial charge in [0, 0.05) is 5.56 Å². The number of carboxylic acids is 1. The van der Waals surface area contributed by atoms with Gasteiger partial charge in [0.1, 0.15) is 27.5 Å². The smallest absolute Gasteiger partial charge is 0.335 e. The molecule has 1 atom stereocenters. The van der Waals surface area contributed by atoms with Crippen molar-refractivity contribution in [2.45, 2.75) is 19.3 Å². The molecule has 29 heavy (non-hydrogen) atoms. The zero-order chi connectivity index (χ0) is 20.5. The number of benzene rings is 1. The Hall–Kier alpha value is -3.04. The van der Waals surface area contributed by atoms with Crippen molar-refractivity contribution in [1.29, 1.82) is 5.41 Å². The van der Waals surface area contributed by atoms with Crippen LogP contribution in [0.25, 0.3) is 17.4 Å². The van der Waals surface area contributed by atoms with Crippen LogP contribution in [0.3, 0.4) is 0 Å². The maximum atomic E-state index is 12.8. The number of Topliss-reactive ketones (excluding diaryl/α,β-unsaturated/α-hetero) is 1. The summed E-state index contributed by atoms with van der Waals surface area (Å²) in [6.07, 6.45) is 2.36. The first-order valence-electron chi connectivity index (χ1n) is 8.74. The summed E-state index contributed by atoms with van der Waals surface area (Å²) < 4.78 is 5.79. The summed E-state index contributed by atoms with van der Waals surface area (Å²) in [6, 6.07) is 9.84. The first-order chi connectivity index (χ1) is 14.0. The van der Waals surface area contributed by atoms with Crippen molar-refractivity contribution in [2.24, 2.45) is 0 Å². The number of nitrogens with zero attached hydrogens (tertiary/aromatic N) is 2. The zero-order valence-corrected chi connectivity index (χ0v) is 16.8. The van der Waals surface area contributed by atoms with Crippen molar-refractivity contribution < 1.29 is 19.1 Å². The van der Waals surface area contributed by atoms with E-state index in [0.717, 1.165) is 28.8 Å². The van der Waals surface area contributed by atoms with E-state index >= 15 is 0 Å². The molecule has 1 saturated heterocycles. The highest BCUT2D eigenvalue weighted by Crippen LogP contribution is 2.41. The van der Waals surface area contributed by atoms with Gasteiger partial charge in [-0.25, -0.2) is 4.79 Å². The van der Waals surface area contributed by atoms with Crippen LogP contribution in [-0.4, -0.2) is 32.1 Å². The second kappa shape index (κ2) is 7.76. The van der Waals surface area contributed by atoms with Gasteiger partial charge in [-0.1, -0.05) is 30.8 Å². The molecule has 146 valence electrons. The summed E-state index contributed by atoms with van der Waals surface area (Å²) in [6.45, 7) is 1.97. The Balaban J connectivity index is 1.56. The molecular weight excluding hydrogens is 410 g/mol. The molecule has 1 aliphatic rings. The Morgan fingerprint density at radius 3 is 2.66 bits per heavy atom. The highest BCUT2D eigenvalue weighted by Gasteiger charge is 2.39. The lowest BCUT2D eigenvalue weighted by Gasteiger charge is -2.00. The monoisotopic (exact) mass is 425 g/mol. The van der Waals surface area contributed by atoms with E-state index in [-0.39, 0.29) is 16.4 Å². The number of aromatic nitrogens is 2. The predicted octanol–water partition coefficient (Wildman–Crippen LogP) is 4.48. The summed E-state index contributed by atoms with van der Waals surface area (Å²) in [4.78, 5) is 24.2. The largest absolute Gasteiger partial charge is 0.478 e. The number of carbonyl (C=O) groups excluding carboxylic acids is 1. The molecule has 0 spiro atoms. The van der Waals surface area contributed by atoms with Crippen LogP contribution >= 0.6 is 23.1 Å². The summed E-state index contributed by atoms with van der Waals surface area (Å²) >= 11 is 2.47. The van der Waals surface area contributed by atoms with Gasteiger partial charge in [0.25, 0.3) is 0 Å². The van der Waals surface area contributed by atoms with Crippen molar-refractivity contribution >= 4 is 46.0 Å². The topological polar surface area (TPSA) is 117 Å². The van der Waals surface area contributed by atoms with Crippen LogP contribution < -0.4 is 0 Å². The Morgan fingerprint density at radius 1 is 1.24 bits per heavy atom. The number of furan rings is 1. The van der Waals surface area contributed by atoms with Gasteiger partial charge in [0.15, 0.2) is 5.78 Å². The van der Waals surface area contributed by atoms with Crippen LogP contribution in [0.15, 0.2) is 45.7 Å². The van der Waals surface area contributed by atoms with Crippen LogP contribution in [0.5, 0.6) is 0 Å². The molecule has 0 bridgehead atoms. The number of nitrogens with one attached hydrogen (secondary N) is 1. The number of hydrogen-bond donors (Lipinski definition) is 2. The van der Waals surface area contributed by atoms with Gasteiger partial charge in [-0.3, -0.25) is 10.2 Å². The van der Waals surface area contributed by atoms with E-state index < -0.39 is 11.9 Å². The van der Waals surface area contributed by atoms with Crippen LogP contribution in [0.1, 0.15) is 39.0 Å². The molecule has 1 fully saturated rings. The maximum absolute atomic E-state index is 12.8. The number of allylic oxidation sites excluding steroid dienone is 1. The van der Waals surface area contributed by atoms with Gasteiger partial charge in [0.2, 0.25) is 0 Å². The number of hydrogen-bond acceptors (Lipinski definition) is 8. The van der Waals surface area contributed by atoms with E-state index in [2.05, 4.69) is 10.2 Å². The predicted molar refractivity (Wildman–Crippen MR) is 111 cm³/mol. The lowest BCUT2D eigenvalue weighted by atomic mass is 10.1. The van der Waals surface area contributed by atoms with Crippen molar-refractivity contribution in [1.82, 2.24) is 10.2 Å². The first-order valence-corrected chi connectivity index (χ1v) is 10.4. The molecule has 2 aromatic heterocycles. The average molecular weight is 425 g/mol. The molecule has 9 heteroatoms. The van der Waals surface area contributed by atoms with E-state index in [1.165, 1.54) is 23.5 Å². The molecule has 0 saturated carbocycles. The van der Waals surface area contributed by atoms with Crippen LogP contribution in [0.2, 0.25) is 0 Å². The van der Waals surface area contributed by atoms with Gasteiger partial charge in [-0.2, -0.15) is 0 Å². The summed E-state index contributed by atoms with van der Waals surface area (Å²) in [5.41, 5.74) is 0.930. The highest BCUT2D eigenvalue weighted by atomic mass is 32.2. The number of carbonyl (C=O) groups is 2. The number of aromatic carboxylic acids is 1. The van der Waals surface area contributed by atoms with E-state index in [0.29, 0.717) is 21.4 Å². The van der Waals surface area contributed by atoms with Gasteiger partial charge in [-0.05, 0) is 36.8 Å². The van der Waals surface area contributed by atoms with Gasteiger partial charge >= 0.3 is 5.97 Å². The number of aryl methyl sites for hydroxylation is 1. The number of thioether (sulfide) groups is 1. The number of carboxylic acid groups (broad SMARTS) is 1. The third kappa shape index (κ3) is 3.79. The average Bonchev–Trinajstić information content (AvgIpc) is 3.42. The third-order valence-corrected chi connectivity index (χ3v) is 6.46. The summed E-state index contributed by atoms with van der Waals surface area (Å²) in [5.74, 6) is -0.813. The molecule has 4 rings (SSSR count). The Labute approximate surface area is 174 Å². The summed E-state index contributed by atoms with van der Waals surface area (Å²) in [7, 11) is 0. The fraction of sp³-hybridized carbons (Fsp3) is 0.150. The Morgan fingerprint density at radius 2 is 2.00 bits per heavy atom. The molecule has 1 aromatic carbocycles. The molecule has 0 radical (unpaired) electrons. The minimum Gasteiger partial charge on any atom is -0.478 e. The summed E-state index contributed by atoms with van der Waals surface area (Å²) in [5, 5.41) is 26.9. The minimum absolute atomic E-state index is 0.178. The Kier molecular flexibility index (Phi) is 5.16. The van der Waals surface area contributed by atoms with Crippen LogP contribution in [0, 0.1) is 5.41 Å². The maximum Gasteiger partial charge on any atom is 0.335 e.